The van der Waals surface area contributed by atoms with Gasteiger partial charge in [-0.05, 0) is 19.1 Å². The van der Waals surface area contributed by atoms with Gasteiger partial charge in [0.2, 0.25) is 12.3 Å². The summed E-state index contributed by atoms with van der Waals surface area (Å²) in [6.07, 6.45) is 1.23. The van der Waals surface area contributed by atoms with Crippen molar-refractivity contribution in [1.29, 1.82) is 0 Å². The molecule has 1 rings (SSSR count). The minimum atomic E-state index is -0.576. The Hall–Kier alpha value is -1.82. The Kier molecular flexibility index (Phi) is 4.07. The van der Waals surface area contributed by atoms with E-state index in [0.717, 1.165) is 0 Å². The maximum absolute atomic E-state index is 11.6. The molecule has 1 heterocycles. The van der Waals surface area contributed by atoms with Crippen molar-refractivity contribution in [3.63, 3.8) is 0 Å². The second-order valence-electron chi connectivity index (χ2n) is 3.37. The fourth-order valence-electron chi connectivity index (χ4n) is 1.05. The molecule has 0 radical (unpaired) electrons. The second kappa shape index (κ2) is 5.32. The van der Waals surface area contributed by atoms with Crippen molar-refractivity contribution in [3.05, 3.63) is 28.9 Å². The van der Waals surface area contributed by atoms with Crippen LogP contribution in [0.2, 0.25) is 0 Å². The van der Waals surface area contributed by atoms with Gasteiger partial charge < -0.3 is 19.9 Å². The third kappa shape index (κ3) is 2.83. The lowest BCUT2D eigenvalue weighted by Crippen LogP contribution is -2.26. The van der Waals surface area contributed by atoms with Crippen LogP contribution in [-0.4, -0.2) is 33.0 Å². The van der Waals surface area contributed by atoms with Crippen LogP contribution in [0.4, 0.5) is 0 Å². The number of rotatable bonds is 4. The molecule has 6 nitrogen and oxygen atoms in total. The van der Waals surface area contributed by atoms with E-state index in [1.54, 1.807) is 26.0 Å². The zero-order chi connectivity index (χ0) is 12.1. The number of aliphatic hydroxyl groups excluding tert-OH is 1. The van der Waals surface area contributed by atoms with Crippen LogP contribution in [0.15, 0.2) is 21.7 Å². The van der Waals surface area contributed by atoms with Crippen molar-refractivity contribution < 1.29 is 19.5 Å². The van der Waals surface area contributed by atoms with Crippen LogP contribution < -0.4 is 0 Å². The highest BCUT2D eigenvalue weighted by molar-refractivity contribution is 5.86. The van der Waals surface area contributed by atoms with Gasteiger partial charge >= 0.3 is 0 Å². The van der Waals surface area contributed by atoms with E-state index < -0.39 is 6.04 Å². The smallest absolute Gasteiger partial charge is 0.218 e. The van der Waals surface area contributed by atoms with Crippen molar-refractivity contribution >= 4 is 11.9 Å². The summed E-state index contributed by atoms with van der Waals surface area (Å²) in [5.41, 5.74) is 0.306. The molecule has 88 valence electrons. The summed E-state index contributed by atoms with van der Waals surface area (Å²) in [7, 11) is 0. The summed E-state index contributed by atoms with van der Waals surface area (Å²) < 4.78 is 5.74. The first-order chi connectivity index (χ1) is 7.58. The Morgan fingerprint density at radius 1 is 1.69 bits per heavy atom. The summed E-state index contributed by atoms with van der Waals surface area (Å²) in [6.45, 7) is 2.94. The highest BCUT2D eigenvalue weighted by Gasteiger charge is 2.14. The number of hydrogen-bond donors (Lipinski definition) is 2. The van der Waals surface area contributed by atoms with E-state index in [2.05, 4.69) is 5.16 Å². The van der Waals surface area contributed by atoms with Crippen LogP contribution in [0.5, 0.6) is 0 Å². The molecule has 6 heteroatoms. The minimum Gasteiger partial charge on any atom is -0.623 e. The first-order valence-corrected chi connectivity index (χ1v) is 4.77. The Labute approximate surface area is 92.7 Å². The molecule has 0 bridgehead atoms. The predicted octanol–water partition coefficient (Wildman–Crippen LogP) is 0.940. The van der Waals surface area contributed by atoms with Crippen LogP contribution >= 0.6 is 0 Å². The normalized spacial score (nSPS) is 15.2. The predicted molar refractivity (Wildman–Crippen MR) is 57.8 cm³/mol. The molecular formula is C10H14N2O4. The fourth-order valence-corrected chi connectivity index (χ4v) is 1.05. The number of hydrogen-bond acceptors (Lipinski definition) is 5. The fraction of sp³-hybridized carbons (Fsp3) is 0.400. The molecular weight excluding hydrogens is 212 g/mol. The molecule has 0 saturated carbocycles. The van der Waals surface area contributed by atoms with Gasteiger partial charge in [0.1, 0.15) is 18.1 Å². The van der Waals surface area contributed by atoms with Crippen molar-refractivity contribution in [3.8, 4) is 0 Å². The SMILES string of the molecule is CC(=NO)C(C)[N+]([O-])=Cc1ccc(CO)o1. The molecule has 0 aliphatic carbocycles. The maximum Gasteiger partial charge on any atom is 0.218 e. The van der Waals surface area contributed by atoms with Gasteiger partial charge in [0.05, 0.1) is 0 Å². The van der Waals surface area contributed by atoms with Crippen LogP contribution in [0, 0.1) is 5.21 Å². The van der Waals surface area contributed by atoms with Crippen LogP contribution in [-0.2, 0) is 6.61 Å². The lowest BCUT2D eigenvalue weighted by atomic mass is 10.2. The van der Waals surface area contributed by atoms with E-state index in [1.807, 2.05) is 0 Å². The first-order valence-electron chi connectivity index (χ1n) is 4.77. The molecule has 0 spiro atoms. The van der Waals surface area contributed by atoms with Crippen molar-refractivity contribution in [2.45, 2.75) is 26.5 Å². The van der Waals surface area contributed by atoms with Gasteiger partial charge in [-0.15, -0.1) is 0 Å². The van der Waals surface area contributed by atoms with E-state index in [0.29, 0.717) is 22.0 Å². The number of furan rings is 1. The Balaban J connectivity index is 2.83. The average molecular weight is 226 g/mol. The quantitative estimate of drug-likeness (QED) is 0.263. The zero-order valence-corrected chi connectivity index (χ0v) is 9.12. The third-order valence-corrected chi connectivity index (χ3v) is 2.24. The summed E-state index contributed by atoms with van der Waals surface area (Å²) in [6, 6.07) is 2.58. The highest BCUT2D eigenvalue weighted by Crippen LogP contribution is 2.05. The van der Waals surface area contributed by atoms with E-state index >= 15 is 0 Å². The Morgan fingerprint density at radius 2 is 2.38 bits per heavy atom. The topological polar surface area (TPSA) is 92.0 Å². The molecule has 1 aromatic heterocycles. The number of oxime groups is 1. The highest BCUT2D eigenvalue weighted by atomic mass is 16.5. The molecule has 0 aromatic carbocycles. The van der Waals surface area contributed by atoms with Crippen LogP contribution in [0.3, 0.4) is 0 Å². The zero-order valence-electron chi connectivity index (χ0n) is 9.12. The molecule has 0 fully saturated rings. The summed E-state index contributed by atoms with van der Waals surface area (Å²) in [5.74, 6) is 0.733. The molecule has 1 unspecified atom stereocenters. The number of aliphatic hydroxyl groups is 1. The van der Waals surface area contributed by atoms with Crippen LogP contribution in [0.1, 0.15) is 25.4 Å². The van der Waals surface area contributed by atoms with Crippen molar-refractivity contribution in [1.82, 2.24) is 0 Å². The third-order valence-electron chi connectivity index (χ3n) is 2.24. The van der Waals surface area contributed by atoms with Gasteiger partial charge in [-0.3, -0.25) is 0 Å². The summed E-state index contributed by atoms with van der Waals surface area (Å²) in [4.78, 5) is 0. The maximum atomic E-state index is 11.6. The lowest BCUT2D eigenvalue weighted by Gasteiger charge is -2.10. The van der Waals surface area contributed by atoms with E-state index in [-0.39, 0.29) is 6.61 Å². The standard InChI is InChI=1S/C10H14N2O4/c1-7(11-14)8(2)12(15)5-9-3-4-10(6-13)16-9/h3-5,8,13-14H,6H2,1-2H3. The lowest BCUT2D eigenvalue weighted by molar-refractivity contribution is -0.472. The van der Waals surface area contributed by atoms with Crippen molar-refractivity contribution in [2.75, 3.05) is 0 Å². The molecule has 1 aromatic rings. The van der Waals surface area contributed by atoms with Crippen molar-refractivity contribution in [2.24, 2.45) is 5.16 Å². The van der Waals surface area contributed by atoms with Gasteiger partial charge in [-0.1, -0.05) is 5.16 Å². The molecule has 16 heavy (non-hydrogen) atoms. The summed E-state index contributed by atoms with van der Waals surface area (Å²) >= 11 is 0. The molecule has 1 atom stereocenters. The van der Waals surface area contributed by atoms with Gasteiger partial charge in [0.15, 0.2) is 5.76 Å². The molecule has 0 aliphatic heterocycles. The first kappa shape index (κ1) is 12.3. The number of nitrogens with zero attached hydrogens (tertiary/aromatic N) is 2. The van der Waals surface area contributed by atoms with Gasteiger partial charge in [-0.2, -0.15) is 0 Å². The molecule has 0 amide bonds. The minimum absolute atomic E-state index is 0.209. The Morgan fingerprint density at radius 3 is 2.88 bits per heavy atom. The molecule has 0 aliphatic rings. The van der Waals surface area contributed by atoms with E-state index in [4.69, 9.17) is 14.7 Å². The van der Waals surface area contributed by atoms with E-state index in [1.165, 1.54) is 6.21 Å². The average Bonchev–Trinajstić information content (AvgIpc) is 2.74. The molecule has 0 saturated heterocycles. The van der Waals surface area contributed by atoms with Gasteiger partial charge in [0, 0.05) is 6.92 Å². The van der Waals surface area contributed by atoms with E-state index in [9.17, 15) is 5.21 Å². The second-order valence-corrected chi connectivity index (χ2v) is 3.37. The largest absolute Gasteiger partial charge is 0.623 e. The van der Waals surface area contributed by atoms with Gasteiger partial charge in [0.25, 0.3) is 0 Å². The monoisotopic (exact) mass is 226 g/mol. The summed E-state index contributed by atoms with van der Waals surface area (Å²) in [5, 5.41) is 31.8. The van der Waals surface area contributed by atoms with Gasteiger partial charge in [-0.25, -0.2) is 4.74 Å². The van der Waals surface area contributed by atoms with Crippen LogP contribution in [0.25, 0.3) is 0 Å². The number of hydroxylamine groups is 1. The molecule has 2 N–H and O–H groups in total. The Bertz CT molecular complexity index is 409.